The summed E-state index contributed by atoms with van der Waals surface area (Å²) < 4.78 is 10.4. The number of hydrogen-bond donors (Lipinski definition) is 1. The van der Waals surface area contributed by atoms with Crippen LogP contribution in [-0.2, 0) is 16.0 Å². The summed E-state index contributed by atoms with van der Waals surface area (Å²) in [6, 6.07) is 5.93. The van der Waals surface area contributed by atoms with Crippen LogP contribution in [0, 0.1) is 0 Å². The van der Waals surface area contributed by atoms with E-state index in [4.69, 9.17) is 15.2 Å². The van der Waals surface area contributed by atoms with Gasteiger partial charge in [-0.1, -0.05) is 12.1 Å². The van der Waals surface area contributed by atoms with Gasteiger partial charge in [-0.25, -0.2) is 4.79 Å². The third-order valence-electron chi connectivity index (χ3n) is 3.16. The van der Waals surface area contributed by atoms with Crippen molar-refractivity contribution >= 4 is 5.97 Å². The molecule has 1 aromatic carbocycles. The van der Waals surface area contributed by atoms with Gasteiger partial charge in [0, 0.05) is 6.04 Å². The molecular formula is C14H19NO3. The molecule has 1 unspecified atom stereocenters. The summed E-state index contributed by atoms with van der Waals surface area (Å²) in [6.45, 7) is 2.11. The summed E-state index contributed by atoms with van der Waals surface area (Å²) in [5, 5.41) is 0. The maximum atomic E-state index is 11.3. The molecule has 0 spiro atoms. The van der Waals surface area contributed by atoms with E-state index >= 15 is 0 Å². The Morgan fingerprint density at radius 3 is 3.11 bits per heavy atom. The lowest BCUT2D eigenvalue weighted by Crippen LogP contribution is -2.20. The highest BCUT2D eigenvalue weighted by Crippen LogP contribution is 2.33. The van der Waals surface area contributed by atoms with Crippen LogP contribution in [0.2, 0.25) is 0 Å². The molecule has 2 N–H and O–H groups in total. The van der Waals surface area contributed by atoms with Gasteiger partial charge in [-0.3, -0.25) is 0 Å². The smallest absolute Gasteiger partial charge is 0.344 e. The lowest BCUT2D eigenvalue weighted by molar-refractivity contribution is -0.145. The Morgan fingerprint density at radius 1 is 1.50 bits per heavy atom. The summed E-state index contributed by atoms with van der Waals surface area (Å²) in [6.07, 6.45) is 3.03. The SMILES string of the molecule is CCOC(=O)COc1cccc2c1CCCC2N. The molecule has 98 valence electrons. The van der Waals surface area contributed by atoms with Gasteiger partial charge in [0.25, 0.3) is 0 Å². The van der Waals surface area contributed by atoms with E-state index in [2.05, 4.69) is 0 Å². The molecule has 0 aliphatic heterocycles. The first kappa shape index (κ1) is 12.9. The summed E-state index contributed by atoms with van der Waals surface area (Å²) in [5.41, 5.74) is 8.35. The van der Waals surface area contributed by atoms with E-state index in [1.165, 1.54) is 0 Å². The molecule has 0 radical (unpaired) electrons. The van der Waals surface area contributed by atoms with Crippen molar-refractivity contribution in [1.29, 1.82) is 0 Å². The molecule has 0 heterocycles. The van der Waals surface area contributed by atoms with Gasteiger partial charge in [0.15, 0.2) is 6.61 Å². The lowest BCUT2D eigenvalue weighted by Gasteiger charge is -2.24. The average Bonchev–Trinajstić information content (AvgIpc) is 2.37. The van der Waals surface area contributed by atoms with Gasteiger partial charge in [-0.15, -0.1) is 0 Å². The molecule has 4 nitrogen and oxygen atoms in total. The van der Waals surface area contributed by atoms with Crippen molar-refractivity contribution in [2.45, 2.75) is 32.2 Å². The van der Waals surface area contributed by atoms with Gasteiger partial charge in [-0.05, 0) is 43.4 Å². The Balaban J connectivity index is 2.09. The zero-order valence-corrected chi connectivity index (χ0v) is 10.6. The summed E-state index contributed by atoms with van der Waals surface area (Å²) in [4.78, 5) is 11.3. The van der Waals surface area contributed by atoms with E-state index in [1.54, 1.807) is 6.92 Å². The minimum absolute atomic E-state index is 0.0421. The van der Waals surface area contributed by atoms with Crippen molar-refractivity contribution in [2.24, 2.45) is 5.73 Å². The van der Waals surface area contributed by atoms with E-state index in [9.17, 15) is 4.79 Å². The molecule has 1 aliphatic carbocycles. The van der Waals surface area contributed by atoms with Crippen molar-refractivity contribution in [3.8, 4) is 5.75 Å². The second-order valence-electron chi connectivity index (χ2n) is 4.42. The molecule has 2 rings (SSSR count). The lowest BCUT2D eigenvalue weighted by atomic mass is 9.88. The highest BCUT2D eigenvalue weighted by Gasteiger charge is 2.20. The van der Waals surface area contributed by atoms with Gasteiger partial charge in [0.2, 0.25) is 0 Å². The Labute approximate surface area is 107 Å². The average molecular weight is 249 g/mol. The number of carbonyl (C=O) groups is 1. The minimum atomic E-state index is -0.338. The number of carbonyl (C=O) groups excluding carboxylic acids is 1. The largest absolute Gasteiger partial charge is 0.482 e. The van der Waals surface area contributed by atoms with Crippen LogP contribution in [0.15, 0.2) is 18.2 Å². The topological polar surface area (TPSA) is 61.5 Å². The monoisotopic (exact) mass is 249 g/mol. The standard InChI is InChI=1S/C14H19NO3/c1-2-17-14(16)9-18-13-8-4-5-10-11(13)6-3-7-12(10)15/h4-5,8,12H,2-3,6-7,9,15H2,1H3. The summed E-state index contributed by atoms with van der Waals surface area (Å²) in [7, 11) is 0. The van der Waals surface area contributed by atoms with Crippen molar-refractivity contribution < 1.29 is 14.3 Å². The van der Waals surface area contributed by atoms with Crippen molar-refractivity contribution in [3.05, 3.63) is 29.3 Å². The van der Waals surface area contributed by atoms with Crippen molar-refractivity contribution in [1.82, 2.24) is 0 Å². The second kappa shape index (κ2) is 5.87. The minimum Gasteiger partial charge on any atom is -0.482 e. The predicted molar refractivity (Wildman–Crippen MR) is 68.4 cm³/mol. The van der Waals surface area contributed by atoms with Crippen LogP contribution in [0.3, 0.4) is 0 Å². The number of benzene rings is 1. The molecule has 0 saturated heterocycles. The van der Waals surface area contributed by atoms with Crippen molar-refractivity contribution in [3.63, 3.8) is 0 Å². The van der Waals surface area contributed by atoms with Crippen LogP contribution < -0.4 is 10.5 Å². The Bertz CT molecular complexity index is 431. The van der Waals surface area contributed by atoms with Crippen LogP contribution in [0.25, 0.3) is 0 Å². The molecule has 0 saturated carbocycles. The van der Waals surface area contributed by atoms with Gasteiger partial charge < -0.3 is 15.2 Å². The Hall–Kier alpha value is -1.55. The van der Waals surface area contributed by atoms with Gasteiger partial charge in [-0.2, -0.15) is 0 Å². The molecule has 0 bridgehead atoms. The van der Waals surface area contributed by atoms with Crippen LogP contribution in [0.1, 0.15) is 36.9 Å². The number of esters is 1. The summed E-state index contributed by atoms with van der Waals surface area (Å²) in [5.74, 6) is 0.422. The molecular weight excluding hydrogens is 230 g/mol. The number of ether oxygens (including phenoxy) is 2. The zero-order chi connectivity index (χ0) is 13.0. The van der Waals surface area contributed by atoms with E-state index in [-0.39, 0.29) is 18.6 Å². The van der Waals surface area contributed by atoms with Crippen LogP contribution in [-0.4, -0.2) is 19.2 Å². The number of rotatable bonds is 4. The fourth-order valence-electron chi connectivity index (χ4n) is 2.33. The maximum absolute atomic E-state index is 11.3. The molecule has 0 amide bonds. The molecule has 1 aromatic rings. The number of fused-ring (bicyclic) bond motifs is 1. The molecule has 0 fully saturated rings. The third kappa shape index (κ3) is 2.82. The highest BCUT2D eigenvalue weighted by molar-refractivity contribution is 5.71. The van der Waals surface area contributed by atoms with Gasteiger partial charge in [0.1, 0.15) is 5.75 Å². The van der Waals surface area contributed by atoms with Crippen LogP contribution in [0.4, 0.5) is 0 Å². The zero-order valence-electron chi connectivity index (χ0n) is 10.6. The van der Waals surface area contributed by atoms with E-state index in [0.29, 0.717) is 6.61 Å². The van der Waals surface area contributed by atoms with Crippen molar-refractivity contribution in [2.75, 3.05) is 13.2 Å². The van der Waals surface area contributed by atoms with Crippen LogP contribution in [0.5, 0.6) is 5.75 Å². The Morgan fingerprint density at radius 2 is 2.33 bits per heavy atom. The normalized spacial score (nSPS) is 18.0. The quantitative estimate of drug-likeness (QED) is 0.829. The van der Waals surface area contributed by atoms with Crippen LogP contribution >= 0.6 is 0 Å². The molecule has 0 aromatic heterocycles. The van der Waals surface area contributed by atoms with Gasteiger partial charge in [0.05, 0.1) is 6.61 Å². The second-order valence-corrected chi connectivity index (χ2v) is 4.42. The first-order chi connectivity index (χ1) is 8.72. The molecule has 4 heteroatoms. The summed E-state index contributed by atoms with van der Waals surface area (Å²) >= 11 is 0. The first-order valence-corrected chi connectivity index (χ1v) is 6.38. The predicted octanol–water partition coefficient (Wildman–Crippen LogP) is 1.96. The van der Waals surface area contributed by atoms with E-state index in [1.807, 2.05) is 18.2 Å². The third-order valence-corrected chi connectivity index (χ3v) is 3.16. The van der Waals surface area contributed by atoms with Gasteiger partial charge >= 0.3 is 5.97 Å². The number of hydrogen-bond acceptors (Lipinski definition) is 4. The first-order valence-electron chi connectivity index (χ1n) is 6.38. The highest BCUT2D eigenvalue weighted by atomic mass is 16.6. The van der Waals surface area contributed by atoms with E-state index < -0.39 is 0 Å². The molecule has 18 heavy (non-hydrogen) atoms. The fraction of sp³-hybridized carbons (Fsp3) is 0.500. The maximum Gasteiger partial charge on any atom is 0.344 e. The fourth-order valence-corrected chi connectivity index (χ4v) is 2.33. The molecule has 1 atom stereocenters. The van der Waals surface area contributed by atoms with E-state index in [0.717, 1.165) is 36.1 Å². The molecule has 1 aliphatic rings. The Kier molecular flexibility index (Phi) is 4.20. The number of nitrogens with two attached hydrogens (primary N) is 1.